The molecule has 1 aliphatic carbocycles. The highest BCUT2D eigenvalue weighted by atomic mass is 16.5. The van der Waals surface area contributed by atoms with Gasteiger partial charge >= 0.3 is 0 Å². The first-order chi connectivity index (χ1) is 26.8. The van der Waals surface area contributed by atoms with Crippen molar-refractivity contribution in [2.24, 2.45) is 0 Å². The van der Waals surface area contributed by atoms with Gasteiger partial charge in [0, 0.05) is 45.0 Å². The van der Waals surface area contributed by atoms with E-state index < -0.39 is 5.41 Å². The zero-order chi connectivity index (χ0) is 35.4. The first-order valence-corrected chi connectivity index (χ1v) is 18.5. The maximum Gasteiger partial charge on any atom is 0.137 e. The first-order valence-electron chi connectivity index (χ1n) is 18.5. The molecule has 0 N–H and O–H groups in total. The van der Waals surface area contributed by atoms with E-state index in [9.17, 15) is 0 Å². The highest BCUT2D eigenvalue weighted by Crippen LogP contribution is 2.61. The van der Waals surface area contributed by atoms with Gasteiger partial charge in [-0.3, -0.25) is 0 Å². The molecular formula is C51H31NO2. The number of furan rings is 1. The quantitative estimate of drug-likeness (QED) is 0.185. The lowest BCUT2D eigenvalue weighted by molar-refractivity contribution is 0.435. The summed E-state index contributed by atoms with van der Waals surface area (Å²) in [6, 6.07) is 67.9. The molecule has 3 nitrogen and oxygen atoms in total. The summed E-state index contributed by atoms with van der Waals surface area (Å²) < 4.78 is 13.2. The maximum atomic E-state index is 6.71. The van der Waals surface area contributed by atoms with Crippen LogP contribution in [0.25, 0.3) is 54.6 Å². The van der Waals surface area contributed by atoms with Crippen molar-refractivity contribution >= 4 is 60.5 Å². The fourth-order valence-corrected chi connectivity index (χ4v) is 9.43. The average molecular weight is 690 g/mol. The molecule has 0 fully saturated rings. The molecule has 0 saturated heterocycles. The van der Waals surface area contributed by atoms with E-state index in [2.05, 4.69) is 181 Å². The van der Waals surface area contributed by atoms with E-state index in [-0.39, 0.29) is 0 Å². The predicted octanol–water partition coefficient (Wildman–Crippen LogP) is 13.8. The van der Waals surface area contributed by atoms with E-state index in [0.29, 0.717) is 0 Å². The van der Waals surface area contributed by atoms with Crippen molar-refractivity contribution in [3.05, 3.63) is 210 Å². The zero-order valence-corrected chi connectivity index (χ0v) is 29.2. The second-order valence-electron chi connectivity index (χ2n) is 14.4. The van der Waals surface area contributed by atoms with Gasteiger partial charge in [0.25, 0.3) is 0 Å². The molecule has 0 bridgehead atoms. The molecule has 12 rings (SSSR count). The van der Waals surface area contributed by atoms with Crippen molar-refractivity contribution in [2.75, 3.05) is 4.90 Å². The van der Waals surface area contributed by atoms with Gasteiger partial charge in [-0.2, -0.15) is 0 Å². The largest absolute Gasteiger partial charge is 0.457 e. The molecule has 0 amide bonds. The molecule has 1 aromatic heterocycles. The second-order valence-corrected chi connectivity index (χ2v) is 14.4. The fraction of sp³-hybridized carbons (Fsp3) is 0.0196. The number of fused-ring (bicyclic) bond motifs is 12. The molecule has 9 aromatic carbocycles. The summed E-state index contributed by atoms with van der Waals surface area (Å²) in [6.45, 7) is 0. The molecule has 0 radical (unpaired) electrons. The normalized spacial score (nSPS) is 13.5. The summed E-state index contributed by atoms with van der Waals surface area (Å²) >= 11 is 0. The molecule has 2 aliphatic rings. The Morgan fingerprint density at radius 1 is 0.370 bits per heavy atom. The van der Waals surface area contributed by atoms with Crippen LogP contribution in [0.3, 0.4) is 0 Å². The van der Waals surface area contributed by atoms with Crippen molar-refractivity contribution in [3.8, 4) is 22.6 Å². The lowest BCUT2D eigenvalue weighted by atomic mass is 9.58. The third-order valence-corrected chi connectivity index (χ3v) is 11.7. The predicted molar refractivity (Wildman–Crippen MR) is 221 cm³/mol. The van der Waals surface area contributed by atoms with Crippen molar-refractivity contribution in [3.63, 3.8) is 0 Å². The third-order valence-electron chi connectivity index (χ3n) is 11.7. The number of benzene rings is 9. The lowest BCUT2D eigenvalue weighted by Crippen LogP contribution is -2.36. The summed E-state index contributed by atoms with van der Waals surface area (Å²) in [4.78, 5) is 2.38. The molecule has 0 saturated carbocycles. The van der Waals surface area contributed by atoms with Crippen LogP contribution in [0.5, 0.6) is 11.5 Å². The maximum absolute atomic E-state index is 6.71. The molecular weight excluding hydrogens is 659 g/mol. The van der Waals surface area contributed by atoms with Crippen LogP contribution >= 0.6 is 0 Å². The van der Waals surface area contributed by atoms with E-state index in [1.165, 1.54) is 43.8 Å². The molecule has 1 spiro atoms. The van der Waals surface area contributed by atoms with Gasteiger partial charge in [-0.15, -0.1) is 0 Å². The SMILES string of the molecule is c1ccc2c(c1)Oc1ccccc1C21c2cc(N(c3ccc4ccccc4c3)c3ccc4c(c3)oc3ccccc34)ccc2-c2cccc3cccc1c23. The van der Waals surface area contributed by atoms with Gasteiger partial charge in [0.05, 0.1) is 5.41 Å². The summed E-state index contributed by atoms with van der Waals surface area (Å²) in [6.07, 6.45) is 0. The Kier molecular flexibility index (Phi) is 5.98. The smallest absolute Gasteiger partial charge is 0.137 e. The molecule has 0 atom stereocenters. The Morgan fingerprint density at radius 3 is 1.83 bits per heavy atom. The zero-order valence-electron chi connectivity index (χ0n) is 29.2. The second kappa shape index (κ2) is 11.0. The van der Waals surface area contributed by atoms with Crippen LogP contribution in [0, 0.1) is 0 Å². The van der Waals surface area contributed by atoms with Crippen molar-refractivity contribution < 1.29 is 9.15 Å². The van der Waals surface area contributed by atoms with E-state index in [4.69, 9.17) is 9.15 Å². The number of hydrogen-bond acceptors (Lipinski definition) is 3. The Bertz CT molecular complexity index is 3120. The summed E-state index contributed by atoms with van der Waals surface area (Å²) in [7, 11) is 0. The molecule has 2 heterocycles. The minimum Gasteiger partial charge on any atom is -0.457 e. The van der Waals surface area contributed by atoms with Gasteiger partial charge < -0.3 is 14.1 Å². The van der Waals surface area contributed by atoms with Crippen molar-refractivity contribution in [1.29, 1.82) is 0 Å². The fourth-order valence-electron chi connectivity index (χ4n) is 9.43. The third kappa shape index (κ3) is 3.96. The Labute approximate surface area is 311 Å². The minimum atomic E-state index is -0.637. The van der Waals surface area contributed by atoms with E-state index >= 15 is 0 Å². The van der Waals surface area contributed by atoms with Gasteiger partial charge in [0.15, 0.2) is 0 Å². The molecule has 252 valence electrons. The van der Waals surface area contributed by atoms with Crippen LogP contribution in [0.2, 0.25) is 0 Å². The first kappa shape index (κ1) is 29.5. The van der Waals surface area contributed by atoms with Crippen molar-refractivity contribution in [1.82, 2.24) is 0 Å². The molecule has 1 aliphatic heterocycles. The van der Waals surface area contributed by atoms with Crippen LogP contribution in [0.4, 0.5) is 17.1 Å². The number of ether oxygens (including phenoxy) is 1. The minimum absolute atomic E-state index is 0.637. The summed E-state index contributed by atoms with van der Waals surface area (Å²) in [5.74, 6) is 1.76. The topological polar surface area (TPSA) is 25.6 Å². The van der Waals surface area contributed by atoms with Gasteiger partial charge in [0.1, 0.15) is 22.7 Å². The monoisotopic (exact) mass is 689 g/mol. The highest BCUT2D eigenvalue weighted by molar-refractivity contribution is 6.08. The van der Waals surface area contributed by atoms with Crippen LogP contribution in [-0.2, 0) is 5.41 Å². The van der Waals surface area contributed by atoms with Crippen LogP contribution in [-0.4, -0.2) is 0 Å². The lowest BCUT2D eigenvalue weighted by Gasteiger charge is -2.45. The Balaban J connectivity index is 1.19. The summed E-state index contributed by atoms with van der Waals surface area (Å²) in [5.41, 5.74) is 11.5. The van der Waals surface area contributed by atoms with Crippen LogP contribution in [0.15, 0.2) is 192 Å². The number of anilines is 3. The van der Waals surface area contributed by atoms with Gasteiger partial charge in [0.2, 0.25) is 0 Å². The van der Waals surface area contributed by atoms with Crippen molar-refractivity contribution in [2.45, 2.75) is 5.41 Å². The van der Waals surface area contributed by atoms with Crippen LogP contribution in [0.1, 0.15) is 22.3 Å². The summed E-state index contributed by atoms with van der Waals surface area (Å²) in [5, 5.41) is 7.14. The van der Waals surface area contributed by atoms with Gasteiger partial charge in [-0.25, -0.2) is 0 Å². The van der Waals surface area contributed by atoms with Gasteiger partial charge in [-0.05, 0) is 98.4 Å². The molecule has 10 aromatic rings. The van der Waals surface area contributed by atoms with Gasteiger partial charge in [-0.1, -0.05) is 127 Å². The number of para-hydroxylation sites is 3. The molecule has 54 heavy (non-hydrogen) atoms. The standard InChI is InChI=1S/C51H31NO2/c1-2-12-34-29-35(24-23-32(34)11-1)52(37-26-28-40-39-15-3-6-20-46(39)53-49(40)31-37)36-25-27-38-41-16-9-13-33-14-10-19-44(50(33)41)51(45(38)30-36)42-17-4-7-21-47(42)54-48-22-8-5-18-43(48)51/h1-31H. The number of hydrogen-bond donors (Lipinski definition) is 0. The molecule has 0 unspecified atom stereocenters. The molecule has 3 heteroatoms. The number of nitrogens with zero attached hydrogens (tertiary/aromatic N) is 1. The Morgan fingerprint density at radius 2 is 0.981 bits per heavy atom. The Hall–Kier alpha value is -7.10. The van der Waals surface area contributed by atoms with Crippen LogP contribution < -0.4 is 9.64 Å². The van der Waals surface area contributed by atoms with E-state index in [1.54, 1.807) is 0 Å². The highest BCUT2D eigenvalue weighted by Gasteiger charge is 2.49. The van der Waals surface area contributed by atoms with E-state index in [1.807, 2.05) is 12.1 Å². The van der Waals surface area contributed by atoms with E-state index in [0.717, 1.165) is 61.6 Å². The average Bonchev–Trinajstić information content (AvgIpc) is 3.60. The number of rotatable bonds is 3.